The minimum absolute atomic E-state index is 0.309. The zero-order chi connectivity index (χ0) is 22.1. The minimum Gasteiger partial charge on any atom is -0.463 e. The highest BCUT2D eigenvalue weighted by Crippen LogP contribution is 2.42. The topological polar surface area (TPSA) is 56.1 Å². The van der Waals surface area contributed by atoms with E-state index in [0.717, 1.165) is 34.3 Å². The largest absolute Gasteiger partial charge is 0.463 e. The van der Waals surface area contributed by atoms with Crippen LogP contribution in [0.4, 0.5) is 5.95 Å². The molecule has 5 rings (SSSR count). The van der Waals surface area contributed by atoms with Crippen LogP contribution in [0.1, 0.15) is 36.6 Å². The van der Waals surface area contributed by atoms with Gasteiger partial charge < -0.3 is 10.1 Å². The van der Waals surface area contributed by atoms with Crippen LogP contribution < -0.4 is 5.32 Å². The van der Waals surface area contributed by atoms with Crippen LogP contribution in [0.5, 0.6) is 0 Å². The van der Waals surface area contributed by atoms with Gasteiger partial charge >= 0.3 is 5.97 Å². The molecule has 1 aliphatic heterocycles. The molecule has 0 fully saturated rings. The van der Waals surface area contributed by atoms with Crippen LogP contribution in [0.25, 0.3) is 16.7 Å². The van der Waals surface area contributed by atoms with Gasteiger partial charge in [-0.1, -0.05) is 73.7 Å². The van der Waals surface area contributed by atoms with E-state index in [2.05, 4.69) is 41.1 Å². The Balaban J connectivity index is 1.81. The van der Waals surface area contributed by atoms with E-state index < -0.39 is 0 Å². The van der Waals surface area contributed by atoms with Crippen molar-refractivity contribution < 1.29 is 9.53 Å². The fourth-order valence-corrected chi connectivity index (χ4v) is 4.35. The molecule has 0 aliphatic carbocycles. The van der Waals surface area contributed by atoms with Gasteiger partial charge in [0.05, 0.1) is 35.0 Å². The molecule has 5 nitrogen and oxygen atoms in total. The number of nitrogens with zero attached hydrogens (tertiary/aromatic N) is 2. The molecule has 4 aromatic rings. The molecule has 5 heteroatoms. The summed E-state index contributed by atoms with van der Waals surface area (Å²) in [6.45, 7) is 4.28. The number of imidazole rings is 1. The van der Waals surface area contributed by atoms with Gasteiger partial charge in [0, 0.05) is 0 Å². The maximum Gasteiger partial charge on any atom is 0.338 e. The second kappa shape index (κ2) is 8.35. The van der Waals surface area contributed by atoms with E-state index in [9.17, 15) is 4.79 Å². The molecular formula is C27H25N3O2. The van der Waals surface area contributed by atoms with Crippen molar-refractivity contribution in [1.29, 1.82) is 0 Å². The molecule has 160 valence electrons. The summed E-state index contributed by atoms with van der Waals surface area (Å²) >= 11 is 0. The third kappa shape index (κ3) is 3.36. The Morgan fingerprint density at radius 3 is 2.41 bits per heavy atom. The van der Waals surface area contributed by atoms with Gasteiger partial charge in [0.25, 0.3) is 0 Å². The summed E-state index contributed by atoms with van der Waals surface area (Å²) in [5.41, 5.74) is 6.35. The summed E-state index contributed by atoms with van der Waals surface area (Å²) in [4.78, 5) is 18.2. The number of carbonyl (C=O) groups excluding carboxylic acids is 1. The van der Waals surface area contributed by atoms with Gasteiger partial charge in [-0.05, 0) is 42.2 Å². The quantitative estimate of drug-likeness (QED) is 0.425. The van der Waals surface area contributed by atoms with Gasteiger partial charge in [-0.15, -0.1) is 0 Å². The summed E-state index contributed by atoms with van der Waals surface area (Å²) in [6, 6.07) is 26.0. The number of para-hydroxylation sites is 2. The molecule has 1 N–H and O–H groups in total. The molecule has 0 saturated heterocycles. The van der Waals surface area contributed by atoms with E-state index in [-0.39, 0.29) is 12.0 Å². The van der Waals surface area contributed by atoms with E-state index in [0.29, 0.717) is 18.1 Å². The molecule has 1 aromatic heterocycles. The second-order valence-corrected chi connectivity index (χ2v) is 7.79. The standard InChI is InChI=1S/C27H25N3O2/c1-3-18-14-16-20(17-15-18)25-23(26(31)32-4-2)24(19-10-6-5-7-11-19)29-27-28-21-12-8-9-13-22(21)30(25)27/h5-17,25H,3-4H2,1-2H3,(H,28,29)/t25-/m0/s1. The number of benzene rings is 3. The van der Waals surface area contributed by atoms with Gasteiger partial charge in [-0.2, -0.15) is 0 Å². The lowest BCUT2D eigenvalue weighted by atomic mass is 9.91. The first kappa shape index (κ1) is 20.1. The van der Waals surface area contributed by atoms with E-state index in [1.165, 1.54) is 5.56 Å². The number of rotatable bonds is 5. The molecule has 0 spiro atoms. The number of ether oxygens (including phenoxy) is 1. The van der Waals surface area contributed by atoms with Crippen molar-refractivity contribution >= 4 is 28.6 Å². The molecule has 1 atom stereocenters. The Labute approximate surface area is 187 Å². The second-order valence-electron chi connectivity index (χ2n) is 7.79. The van der Waals surface area contributed by atoms with Gasteiger partial charge in [0.15, 0.2) is 0 Å². The average Bonchev–Trinajstić information content (AvgIpc) is 3.22. The van der Waals surface area contributed by atoms with Crippen LogP contribution in [0, 0.1) is 0 Å². The van der Waals surface area contributed by atoms with Crippen molar-refractivity contribution in [2.24, 2.45) is 0 Å². The number of hydrogen-bond donors (Lipinski definition) is 1. The monoisotopic (exact) mass is 423 g/mol. The van der Waals surface area contributed by atoms with E-state index in [1.807, 2.05) is 61.5 Å². The van der Waals surface area contributed by atoms with E-state index in [1.54, 1.807) is 0 Å². The molecule has 0 bridgehead atoms. The number of anilines is 1. The smallest absolute Gasteiger partial charge is 0.338 e. The predicted octanol–water partition coefficient (Wildman–Crippen LogP) is 5.59. The van der Waals surface area contributed by atoms with Crippen molar-refractivity contribution in [2.45, 2.75) is 26.3 Å². The Morgan fingerprint density at radius 1 is 0.969 bits per heavy atom. The summed E-state index contributed by atoms with van der Waals surface area (Å²) in [7, 11) is 0. The Kier molecular flexibility index (Phi) is 5.23. The lowest BCUT2D eigenvalue weighted by Crippen LogP contribution is -2.29. The van der Waals surface area contributed by atoms with Gasteiger partial charge in [-0.3, -0.25) is 4.57 Å². The summed E-state index contributed by atoms with van der Waals surface area (Å²) < 4.78 is 7.67. The zero-order valence-corrected chi connectivity index (χ0v) is 18.2. The van der Waals surface area contributed by atoms with Crippen molar-refractivity contribution in [3.8, 4) is 0 Å². The van der Waals surface area contributed by atoms with Crippen molar-refractivity contribution in [2.75, 3.05) is 11.9 Å². The lowest BCUT2D eigenvalue weighted by molar-refractivity contribution is -0.138. The molecular weight excluding hydrogens is 398 g/mol. The fraction of sp³-hybridized carbons (Fsp3) is 0.185. The highest BCUT2D eigenvalue weighted by molar-refractivity contribution is 6.03. The minimum atomic E-state index is -0.362. The van der Waals surface area contributed by atoms with Crippen molar-refractivity contribution in [1.82, 2.24) is 9.55 Å². The van der Waals surface area contributed by atoms with Crippen LogP contribution in [0.2, 0.25) is 0 Å². The maximum atomic E-state index is 13.4. The highest BCUT2D eigenvalue weighted by Gasteiger charge is 2.36. The maximum absolute atomic E-state index is 13.4. The van der Waals surface area contributed by atoms with Gasteiger partial charge in [0.1, 0.15) is 0 Å². The number of esters is 1. The molecule has 1 aliphatic rings. The van der Waals surface area contributed by atoms with Crippen molar-refractivity contribution in [3.63, 3.8) is 0 Å². The molecule has 0 unspecified atom stereocenters. The van der Waals surface area contributed by atoms with Crippen molar-refractivity contribution in [3.05, 3.63) is 101 Å². The first-order valence-corrected chi connectivity index (χ1v) is 11.0. The van der Waals surface area contributed by atoms with Crippen LogP contribution in [0.3, 0.4) is 0 Å². The van der Waals surface area contributed by atoms with E-state index >= 15 is 0 Å². The van der Waals surface area contributed by atoms with Gasteiger partial charge in [-0.25, -0.2) is 9.78 Å². The number of aryl methyl sites for hydroxylation is 1. The Hall–Kier alpha value is -3.86. The summed E-state index contributed by atoms with van der Waals surface area (Å²) in [5, 5.41) is 3.45. The SMILES string of the molecule is CCOC(=O)C1=C(c2ccccc2)Nc2nc3ccccc3n2[C@H]1c1ccc(CC)cc1. The summed E-state index contributed by atoms with van der Waals surface area (Å²) in [5.74, 6) is 0.384. The number of aromatic nitrogens is 2. The molecule has 3 aromatic carbocycles. The third-order valence-corrected chi connectivity index (χ3v) is 5.90. The molecule has 0 amide bonds. The van der Waals surface area contributed by atoms with Crippen LogP contribution in [0.15, 0.2) is 84.4 Å². The first-order chi connectivity index (χ1) is 15.7. The number of nitrogens with one attached hydrogen (secondary N) is 1. The highest BCUT2D eigenvalue weighted by atomic mass is 16.5. The average molecular weight is 424 g/mol. The number of carbonyl (C=O) groups is 1. The van der Waals surface area contributed by atoms with Crippen LogP contribution in [-0.4, -0.2) is 22.1 Å². The number of hydrogen-bond acceptors (Lipinski definition) is 4. The van der Waals surface area contributed by atoms with E-state index in [4.69, 9.17) is 9.72 Å². The normalized spacial score (nSPS) is 15.4. The predicted molar refractivity (Wildman–Crippen MR) is 127 cm³/mol. The van der Waals surface area contributed by atoms with Crippen LogP contribution >= 0.6 is 0 Å². The lowest BCUT2D eigenvalue weighted by Gasteiger charge is -2.31. The zero-order valence-electron chi connectivity index (χ0n) is 18.2. The first-order valence-electron chi connectivity index (χ1n) is 11.0. The fourth-order valence-electron chi connectivity index (χ4n) is 4.35. The Bertz CT molecular complexity index is 1300. The van der Waals surface area contributed by atoms with Crippen LogP contribution in [-0.2, 0) is 16.0 Å². The molecule has 32 heavy (non-hydrogen) atoms. The summed E-state index contributed by atoms with van der Waals surface area (Å²) in [6.07, 6.45) is 0.960. The number of fused-ring (bicyclic) bond motifs is 3. The molecule has 0 radical (unpaired) electrons. The van der Waals surface area contributed by atoms with Gasteiger partial charge in [0.2, 0.25) is 5.95 Å². The third-order valence-electron chi connectivity index (χ3n) is 5.90. The molecule has 0 saturated carbocycles. The molecule has 2 heterocycles. The Morgan fingerprint density at radius 2 is 1.69 bits per heavy atom.